The number of benzene rings is 1. The molecule has 0 spiro atoms. The number of nitrogens with one attached hydrogen (secondary N) is 1. The Balaban J connectivity index is 2.24. The number of ether oxygens (including phenoxy) is 1. The van der Waals surface area contributed by atoms with Crippen LogP contribution in [0.25, 0.3) is 0 Å². The fourth-order valence-corrected chi connectivity index (χ4v) is 4.72. The predicted octanol–water partition coefficient (Wildman–Crippen LogP) is 4.24. The molecular formula is C21H24ClFN2O3. The molecule has 0 radical (unpaired) electrons. The van der Waals surface area contributed by atoms with Gasteiger partial charge in [0.15, 0.2) is 0 Å². The highest BCUT2D eigenvalue weighted by molar-refractivity contribution is 6.31. The van der Waals surface area contributed by atoms with E-state index in [4.69, 9.17) is 16.3 Å². The fourth-order valence-electron chi connectivity index (χ4n) is 4.45. The van der Waals surface area contributed by atoms with E-state index in [2.05, 4.69) is 11.4 Å². The van der Waals surface area contributed by atoms with Gasteiger partial charge in [-0.05, 0) is 43.4 Å². The van der Waals surface area contributed by atoms with Gasteiger partial charge in [0.2, 0.25) is 0 Å². The van der Waals surface area contributed by atoms with Crippen LogP contribution in [0.15, 0.2) is 29.5 Å². The zero-order chi connectivity index (χ0) is 20.5. The van der Waals surface area contributed by atoms with E-state index in [-0.39, 0.29) is 5.02 Å². The van der Waals surface area contributed by atoms with Crippen molar-refractivity contribution in [2.45, 2.75) is 44.6 Å². The van der Waals surface area contributed by atoms with Crippen molar-refractivity contribution in [2.75, 3.05) is 13.7 Å². The normalized spacial score (nSPS) is 27.2. The third kappa shape index (κ3) is 3.61. The van der Waals surface area contributed by atoms with Crippen LogP contribution in [0.4, 0.5) is 4.39 Å². The molecule has 1 fully saturated rings. The number of hydrogen-bond donors (Lipinski definition) is 2. The maximum atomic E-state index is 13.7. The first kappa shape index (κ1) is 20.6. The van der Waals surface area contributed by atoms with Gasteiger partial charge in [0.1, 0.15) is 5.82 Å². The van der Waals surface area contributed by atoms with E-state index in [1.807, 2.05) is 0 Å². The van der Waals surface area contributed by atoms with Crippen LogP contribution < -0.4 is 5.32 Å². The van der Waals surface area contributed by atoms with Crippen molar-refractivity contribution in [2.24, 2.45) is 11.3 Å². The molecule has 28 heavy (non-hydrogen) atoms. The van der Waals surface area contributed by atoms with Crippen molar-refractivity contribution in [1.29, 1.82) is 5.26 Å². The number of methoxy groups -OCH3 is 1. The minimum absolute atomic E-state index is 0.138. The van der Waals surface area contributed by atoms with Crippen LogP contribution in [0, 0.1) is 28.5 Å². The lowest BCUT2D eigenvalue weighted by molar-refractivity contribution is -0.154. The summed E-state index contributed by atoms with van der Waals surface area (Å²) in [6.07, 6.45) is 2.85. The summed E-state index contributed by atoms with van der Waals surface area (Å²) in [5.41, 5.74) is 0.170. The fraction of sp³-hybridized carbons (Fsp3) is 0.524. The molecule has 1 aromatic rings. The minimum atomic E-state index is -1.27. The molecule has 150 valence electrons. The molecule has 0 bridgehead atoms. The number of carboxylic acids is 1. The van der Waals surface area contributed by atoms with Gasteiger partial charge in [0, 0.05) is 36.4 Å². The molecular weight excluding hydrogens is 383 g/mol. The van der Waals surface area contributed by atoms with Crippen molar-refractivity contribution >= 4 is 17.6 Å². The second-order valence-corrected chi connectivity index (χ2v) is 8.13. The summed E-state index contributed by atoms with van der Waals surface area (Å²) < 4.78 is 18.9. The van der Waals surface area contributed by atoms with Gasteiger partial charge in [-0.25, -0.2) is 4.39 Å². The van der Waals surface area contributed by atoms with Crippen LogP contribution in [0.2, 0.25) is 5.02 Å². The molecule has 5 nitrogen and oxygen atoms in total. The molecule has 2 aliphatic rings. The first-order valence-corrected chi connectivity index (χ1v) is 9.77. The molecule has 1 aliphatic carbocycles. The molecule has 1 saturated carbocycles. The summed E-state index contributed by atoms with van der Waals surface area (Å²) in [5.74, 6) is -1.94. The zero-order valence-corrected chi connectivity index (χ0v) is 16.7. The average Bonchev–Trinajstić information content (AvgIpc) is 3.45. The lowest BCUT2D eigenvalue weighted by atomic mass is 9.59. The van der Waals surface area contributed by atoms with E-state index >= 15 is 0 Å². The summed E-state index contributed by atoms with van der Waals surface area (Å²) in [4.78, 5) is 12.8. The highest BCUT2D eigenvalue weighted by atomic mass is 35.5. The Morgan fingerprint density at radius 1 is 1.50 bits per heavy atom. The number of carbonyl (C=O) groups is 1. The number of nitriles is 1. The SMILES string of the molecule is COCCC1NC(C)=C(C#N)C(c2ccc(F)cc2Cl)C1(CC1CC1)C(=O)O. The quantitative estimate of drug-likeness (QED) is 0.707. The topological polar surface area (TPSA) is 82.3 Å². The van der Waals surface area contributed by atoms with E-state index in [0.717, 1.165) is 12.8 Å². The maximum Gasteiger partial charge on any atom is 0.312 e. The third-order valence-corrected chi connectivity index (χ3v) is 6.27. The maximum absolute atomic E-state index is 13.7. The van der Waals surface area contributed by atoms with E-state index in [9.17, 15) is 19.6 Å². The summed E-state index contributed by atoms with van der Waals surface area (Å²) in [7, 11) is 1.57. The largest absolute Gasteiger partial charge is 0.481 e. The second kappa shape index (κ2) is 8.10. The van der Waals surface area contributed by atoms with Crippen LogP contribution in [-0.4, -0.2) is 30.8 Å². The van der Waals surface area contributed by atoms with Gasteiger partial charge in [-0.1, -0.05) is 30.5 Å². The van der Waals surface area contributed by atoms with Gasteiger partial charge in [0.25, 0.3) is 0 Å². The lowest BCUT2D eigenvalue weighted by Gasteiger charge is -2.48. The Bertz CT molecular complexity index is 847. The average molecular weight is 407 g/mol. The molecule has 3 atom stereocenters. The van der Waals surface area contributed by atoms with Gasteiger partial charge in [-0.2, -0.15) is 5.26 Å². The van der Waals surface area contributed by atoms with Gasteiger partial charge >= 0.3 is 5.97 Å². The molecule has 0 saturated heterocycles. The molecule has 3 unspecified atom stereocenters. The number of hydrogen-bond acceptors (Lipinski definition) is 4. The highest BCUT2D eigenvalue weighted by Gasteiger charge is 2.58. The van der Waals surface area contributed by atoms with E-state index < -0.39 is 29.2 Å². The van der Waals surface area contributed by atoms with Gasteiger partial charge in [0.05, 0.1) is 17.1 Å². The number of aliphatic carboxylic acids is 1. The standard InChI is InChI=1S/C21H24ClFN2O3/c1-12-16(11-24)19(15-6-5-14(23)9-17(15)22)21(20(26)27,10-13-3-4-13)18(25-12)7-8-28-2/h5-6,9,13,18-19,25H,3-4,7-8,10H2,1-2H3,(H,26,27). The summed E-state index contributed by atoms with van der Waals surface area (Å²) in [6, 6.07) is 5.71. The number of allylic oxidation sites excluding steroid dienone is 2. The zero-order valence-electron chi connectivity index (χ0n) is 16.0. The first-order chi connectivity index (χ1) is 13.3. The molecule has 1 aromatic carbocycles. The second-order valence-electron chi connectivity index (χ2n) is 7.72. The van der Waals surface area contributed by atoms with Crippen LogP contribution in [-0.2, 0) is 9.53 Å². The van der Waals surface area contributed by atoms with Crippen LogP contribution in [0.3, 0.4) is 0 Å². The number of nitrogens with zero attached hydrogens (tertiary/aromatic N) is 1. The van der Waals surface area contributed by atoms with Crippen molar-refractivity contribution in [3.8, 4) is 6.07 Å². The minimum Gasteiger partial charge on any atom is -0.481 e. The Morgan fingerprint density at radius 2 is 2.21 bits per heavy atom. The molecule has 0 aromatic heterocycles. The summed E-state index contributed by atoms with van der Waals surface area (Å²) in [5, 5.41) is 23.8. The van der Waals surface area contributed by atoms with Crippen LogP contribution in [0.1, 0.15) is 44.1 Å². The Labute approximate surface area is 169 Å². The molecule has 1 aliphatic heterocycles. The number of halogens is 2. The Hall–Kier alpha value is -2.10. The van der Waals surface area contributed by atoms with E-state index in [1.165, 1.54) is 18.2 Å². The van der Waals surface area contributed by atoms with E-state index in [0.29, 0.717) is 42.2 Å². The van der Waals surface area contributed by atoms with Crippen molar-refractivity contribution in [3.63, 3.8) is 0 Å². The Morgan fingerprint density at radius 3 is 2.75 bits per heavy atom. The van der Waals surface area contributed by atoms with Crippen molar-refractivity contribution in [1.82, 2.24) is 5.32 Å². The first-order valence-electron chi connectivity index (χ1n) is 9.39. The lowest BCUT2D eigenvalue weighted by Crippen LogP contribution is -2.57. The molecule has 3 rings (SSSR count). The summed E-state index contributed by atoms with van der Waals surface area (Å²) in [6.45, 7) is 2.15. The van der Waals surface area contributed by atoms with Crippen molar-refractivity contribution in [3.05, 3.63) is 45.9 Å². The molecule has 7 heteroatoms. The van der Waals surface area contributed by atoms with Crippen LogP contribution >= 0.6 is 11.6 Å². The van der Waals surface area contributed by atoms with E-state index in [1.54, 1.807) is 14.0 Å². The van der Waals surface area contributed by atoms with Crippen LogP contribution in [0.5, 0.6) is 0 Å². The van der Waals surface area contributed by atoms with Gasteiger partial charge in [-0.15, -0.1) is 0 Å². The van der Waals surface area contributed by atoms with Gasteiger partial charge in [-0.3, -0.25) is 4.79 Å². The monoisotopic (exact) mass is 406 g/mol. The third-order valence-electron chi connectivity index (χ3n) is 5.95. The molecule has 1 heterocycles. The Kier molecular flexibility index (Phi) is 5.97. The van der Waals surface area contributed by atoms with Crippen molar-refractivity contribution < 1.29 is 19.0 Å². The molecule has 0 amide bonds. The van der Waals surface area contributed by atoms with Gasteiger partial charge < -0.3 is 15.2 Å². The molecule has 2 N–H and O–H groups in total. The predicted molar refractivity (Wildman–Crippen MR) is 103 cm³/mol. The number of rotatable bonds is 7. The smallest absolute Gasteiger partial charge is 0.312 e. The number of carboxylic acid groups (broad SMARTS) is 1. The highest BCUT2D eigenvalue weighted by Crippen LogP contribution is 2.56. The summed E-state index contributed by atoms with van der Waals surface area (Å²) >= 11 is 6.36.